The molecule has 6 heteroatoms. The van der Waals surface area contributed by atoms with Gasteiger partial charge >= 0.3 is 5.97 Å². The Balaban J connectivity index is 2.69. The number of hydrogen-bond acceptors (Lipinski definition) is 3. The Kier molecular flexibility index (Phi) is 4.83. The predicted octanol–water partition coefficient (Wildman–Crippen LogP) is 2.17. The van der Waals surface area contributed by atoms with Crippen molar-refractivity contribution in [2.75, 3.05) is 13.7 Å². The van der Waals surface area contributed by atoms with E-state index < -0.39 is 23.0 Å². The first-order valence-corrected chi connectivity index (χ1v) is 5.74. The summed E-state index contributed by atoms with van der Waals surface area (Å²) in [7, 11) is 1.25. The molecule has 0 amide bonds. The quantitative estimate of drug-likeness (QED) is 0.834. The van der Waals surface area contributed by atoms with Crippen LogP contribution in [0.15, 0.2) is 12.1 Å². The molecule has 1 aromatic rings. The first kappa shape index (κ1) is 15.4. The number of ether oxygens (including phenoxy) is 1. The molecule has 0 aromatic heterocycles. The van der Waals surface area contributed by atoms with Gasteiger partial charge in [-0.3, -0.25) is 4.79 Å². The van der Waals surface area contributed by atoms with E-state index in [0.717, 1.165) is 6.07 Å². The maximum Gasteiger partial charge on any atom is 0.310 e. The lowest BCUT2D eigenvalue weighted by Gasteiger charge is -2.19. The van der Waals surface area contributed by atoms with Crippen LogP contribution in [0.3, 0.4) is 0 Å². The van der Waals surface area contributed by atoms with E-state index in [9.17, 15) is 13.6 Å². The summed E-state index contributed by atoms with van der Waals surface area (Å²) < 4.78 is 31.2. The lowest BCUT2D eigenvalue weighted by molar-refractivity contribution is -0.146. The van der Waals surface area contributed by atoms with E-state index in [4.69, 9.17) is 9.84 Å². The fourth-order valence-corrected chi connectivity index (χ4v) is 1.46. The zero-order chi connectivity index (χ0) is 14.6. The summed E-state index contributed by atoms with van der Waals surface area (Å²) in [5.74, 6) is -3.12. The van der Waals surface area contributed by atoms with Crippen molar-refractivity contribution in [3.05, 3.63) is 29.3 Å². The van der Waals surface area contributed by atoms with Gasteiger partial charge in [0.2, 0.25) is 5.82 Å². The largest absolute Gasteiger partial charge is 0.494 e. The molecule has 0 atom stereocenters. The summed E-state index contributed by atoms with van der Waals surface area (Å²) in [6, 6.07) is 2.43. The van der Waals surface area contributed by atoms with Gasteiger partial charge in [0.1, 0.15) is 0 Å². The van der Waals surface area contributed by atoms with Gasteiger partial charge in [-0.05, 0) is 31.5 Å². The topological polar surface area (TPSA) is 58.6 Å². The van der Waals surface area contributed by atoms with E-state index in [-0.39, 0.29) is 18.8 Å². The molecule has 0 fully saturated rings. The molecule has 19 heavy (non-hydrogen) atoms. The standard InChI is InChI=1S/C13H17F2NO3/c1-13(2,12(17)18)7-16-6-8-4-9(14)11(15)10(5-8)19-3/h4-5,16H,6-7H2,1-3H3,(H,17,18). The molecule has 0 spiro atoms. The average Bonchev–Trinajstić information content (AvgIpc) is 2.33. The molecule has 0 heterocycles. The second-order valence-electron chi connectivity index (χ2n) is 4.89. The van der Waals surface area contributed by atoms with Crippen molar-refractivity contribution in [2.45, 2.75) is 20.4 Å². The fraction of sp³-hybridized carbons (Fsp3) is 0.462. The molecular weight excluding hydrogens is 256 g/mol. The Bertz CT molecular complexity index is 475. The van der Waals surface area contributed by atoms with Crippen molar-refractivity contribution in [1.29, 1.82) is 0 Å². The number of aliphatic carboxylic acids is 1. The van der Waals surface area contributed by atoms with Gasteiger partial charge in [0.05, 0.1) is 12.5 Å². The van der Waals surface area contributed by atoms with Crippen LogP contribution in [0, 0.1) is 17.0 Å². The maximum atomic E-state index is 13.2. The van der Waals surface area contributed by atoms with Gasteiger partial charge in [0.25, 0.3) is 0 Å². The van der Waals surface area contributed by atoms with E-state index in [1.807, 2.05) is 0 Å². The number of benzene rings is 1. The zero-order valence-electron chi connectivity index (χ0n) is 11.1. The first-order valence-electron chi connectivity index (χ1n) is 5.74. The molecule has 0 saturated heterocycles. The number of carboxylic acids is 1. The van der Waals surface area contributed by atoms with Crippen molar-refractivity contribution in [3.8, 4) is 5.75 Å². The summed E-state index contributed by atoms with van der Waals surface area (Å²) in [5, 5.41) is 11.8. The van der Waals surface area contributed by atoms with Crippen LogP contribution in [0.2, 0.25) is 0 Å². The highest BCUT2D eigenvalue weighted by Crippen LogP contribution is 2.22. The highest BCUT2D eigenvalue weighted by molar-refractivity contribution is 5.73. The molecule has 2 N–H and O–H groups in total. The number of halogens is 2. The van der Waals surface area contributed by atoms with E-state index in [0.29, 0.717) is 5.56 Å². The summed E-state index contributed by atoms with van der Waals surface area (Å²) in [4.78, 5) is 10.9. The van der Waals surface area contributed by atoms with Crippen LogP contribution < -0.4 is 10.1 Å². The van der Waals surface area contributed by atoms with Gasteiger partial charge < -0.3 is 15.2 Å². The van der Waals surface area contributed by atoms with Gasteiger partial charge in [0.15, 0.2) is 11.6 Å². The van der Waals surface area contributed by atoms with Crippen molar-refractivity contribution < 1.29 is 23.4 Å². The Morgan fingerprint density at radius 1 is 1.42 bits per heavy atom. The Labute approximate surface area is 110 Å². The summed E-state index contributed by atoms with van der Waals surface area (Å²) >= 11 is 0. The number of methoxy groups -OCH3 is 1. The lowest BCUT2D eigenvalue weighted by atomic mass is 9.94. The Morgan fingerprint density at radius 2 is 2.05 bits per heavy atom. The second kappa shape index (κ2) is 5.97. The number of hydrogen-bond donors (Lipinski definition) is 2. The van der Waals surface area contributed by atoms with Crippen LogP contribution in [-0.4, -0.2) is 24.7 Å². The first-order chi connectivity index (χ1) is 8.77. The molecule has 0 aliphatic carbocycles. The third kappa shape index (κ3) is 3.89. The molecule has 0 radical (unpaired) electrons. The molecular formula is C13H17F2NO3. The lowest BCUT2D eigenvalue weighted by Crippen LogP contribution is -2.35. The minimum Gasteiger partial charge on any atom is -0.494 e. The molecule has 0 bridgehead atoms. The van der Waals surface area contributed by atoms with Crippen LogP contribution in [0.25, 0.3) is 0 Å². The third-order valence-electron chi connectivity index (χ3n) is 2.75. The molecule has 0 aliphatic rings. The number of rotatable bonds is 6. The second-order valence-corrected chi connectivity index (χ2v) is 4.89. The molecule has 0 saturated carbocycles. The van der Waals surface area contributed by atoms with Crippen molar-refractivity contribution in [1.82, 2.24) is 5.32 Å². The molecule has 4 nitrogen and oxygen atoms in total. The number of carboxylic acid groups (broad SMARTS) is 1. The van der Waals surface area contributed by atoms with Crippen LogP contribution in [0.5, 0.6) is 5.75 Å². The minimum atomic E-state index is -1.03. The average molecular weight is 273 g/mol. The van der Waals surface area contributed by atoms with E-state index in [1.165, 1.54) is 13.2 Å². The van der Waals surface area contributed by atoms with Crippen molar-refractivity contribution >= 4 is 5.97 Å². The summed E-state index contributed by atoms with van der Waals surface area (Å²) in [6.45, 7) is 3.59. The molecule has 106 valence electrons. The van der Waals surface area contributed by atoms with Crippen LogP contribution in [0.1, 0.15) is 19.4 Å². The van der Waals surface area contributed by atoms with Crippen molar-refractivity contribution in [2.24, 2.45) is 5.41 Å². The molecule has 1 rings (SSSR count). The van der Waals surface area contributed by atoms with Crippen LogP contribution in [-0.2, 0) is 11.3 Å². The molecule has 1 aromatic carbocycles. The Morgan fingerprint density at radius 3 is 2.58 bits per heavy atom. The van der Waals surface area contributed by atoms with Gasteiger partial charge in [0, 0.05) is 13.1 Å². The maximum absolute atomic E-state index is 13.2. The highest BCUT2D eigenvalue weighted by Gasteiger charge is 2.26. The Hall–Kier alpha value is -1.69. The fourth-order valence-electron chi connectivity index (χ4n) is 1.46. The zero-order valence-corrected chi connectivity index (χ0v) is 11.1. The summed E-state index contributed by atoms with van der Waals surface area (Å²) in [5.41, 5.74) is -0.445. The van der Waals surface area contributed by atoms with E-state index in [2.05, 4.69) is 5.32 Å². The predicted molar refractivity (Wildman–Crippen MR) is 66.0 cm³/mol. The SMILES string of the molecule is COc1cc(CNCC(C)(C)C(=O)O)cc(F)c1F. The van der Waals surface area contributed by atoms with Gasteiger partial charge in [-0.1, -0.05) is 0 Å². The van der Waals surface area contributed by atoms with Gasteiger partial charge in [-0.2, -0.15) is 4.39 Å². The highest BCUT2D eigenvalue weighted by atomic mass is 19.2. The van der Waals surface area contributed by atoms with E-state index >= 15 is 0 Å². The molecule has 0 unspecified atom stereocenters. The molecule has 0 aliphatic heterocycles. The van der Waals surface area contributed by atoms with Gasteiger partial charge in [-0.25, -0.2) is 4.39 Å². The van der Waals surface area contributed by atoms with Crippen LogP contribution >= 0.6 is 0 Å². The third-order valence-corrected chi connectivity index (χ3v) is 2.75. The van der Waals surface area contributed by atoms with E-state index in [1.54, 1.807) is 13.8 Å². The minimum absolute atomic E-state index is 0.172. The summed E-state index contributed by atoms with van der Waals surface area (Å²) in [6.07, 6.45) is 0. The smallest absolute Gasteiger partial charge is 0.310 e. The number of nitrogens with one attached hydrogen (secondary N) is 1. The van der Waals surface area contributed by atoms with Gasteiger partial charge in [-0.15, -0.1) is 0 Å². The number of carbonyl (C=O) groups is 1. The monoisotopic (exact) mass is 273 g/mol. The van der Waals surface area contributed by atoms with Crippen molar-refractivity contribution in [3.63, 3.8) is 0 Å². The normalized spacial score (nSPS) is 11.4. The van der Waals surface area contributed by atoms with Crippen LogP contribution in [0.4, 0.5) is 8.78 Å².